The van der Waals surface area contributed by atoms with Crippen LogP contribution in [0.2, 0.25) is 0 Å². The largest absolute Gasteiger partial charge is 0.513 e. The summed E-state index contributed by atoms with van der Waals surface area (Å²) in [7, 11) is 2.96. The monoisotopic (exact) mass is 294 g/mol. The van der Waals surface area contributed by atoms with Crippen molar-refractivity contribution in [2.75, 3.05) is 20.8 Å². The predicted molar refractivity (Wildman–Crippen MR) is 83.1 cm³/mol. The van der Waals surface area contributed by atoms with Crippen molar-refractivity contribution < 1.29 is 19.0 Å². The van der Waals surface area contributed by atoms with Gasteiger partial charge in [-0.15, -0.1) is 0 Å². The van der Waals surface area contributed by atoms with Crippen molar-refractivity contribution in [1.82, 2.24) is 0 Å². The molecule has 0 aliphatic heterocycles. The molecule has 0 heterocycles. The maximum Gasteiger partial charge on any atom is 0.513 e. The lowest BCUT2D eigenvalue weighted by Crippen LogP contribution is -2.26. The van der Waals surface area contributed by atoms with Gasteiger partial charge in [0.05, 0.1) is 13.7 Å². The number of benzene rings is 1. The summed E-state index contributed by atoms with van der Waals surface area (Å²) < 4.78 is 15.2. The molecule has 0 aliphatic rings. The van der Waals surface area contributed by atoms with Gasteiger partial charge in [0.25, 0.3) is 0 Å². The average Bonchev–Trinajstić information content (AvgIpc) is 2.37. The van der Waals surface area contributed by atoms with Crippen molar-refractivity contribution in [2.24, 2.45) is 0 Å². The van der Waals surface area contributed by atoms with Crippen molar-refractivity contribution >= 4 is 6.16 Å². The predicted octanol–water partition coefficient (Wildman–Crippen LogP) is 4.05. The molecule has 0 unspecified atom stereocenters. The van der Waals surface area contributed by atoms with E-state index >= 15 is 0 Å². The van der Waals surface area contributed by atoms with Crippen LogP contribution in [0.1, 0.15) is 45.7 Å². The van der Waals surface area contributed by atoms with Gasteiger partial charge < -0.3 is 14.2 Å². The Labute approximate surface area is 127 Å². The Morgan fingerprint density at radius 2 is 1.71 bits per heavy atom. The van der Waals surface area contributed by atoms with E-state index in [2.05, 4.69) is 45.4 Å². The van der Waals surface area contributed by atoms with E-state index in [-0.39, 0.29) is 10.8 Å². The number of hydrogen-bond acceptors (Lipinski definition) is 4. The Morgan fingerprint density at radius 3 is 2.19 bits per heavy atom. The SMILES string of the molecule is COCC(C)(C)c1cc(C(C)(C)C)ccc1OC(=O)OC. The van der Waals surface area contributed by atoms with Gasteiger partial charge in [0.15, 0.2) is 0 Å². The molecule has 1 rings (SSSR count). The molecule has 0 saturated carbocycles. The maximum absolute atomic E-state index is 11.4. The molecule has 118 valence electrons. The van der Waals surface area contributed by atoms with Crippen molar-refractivity contribution in [3.8, 4) is 5.75 Å². The molecule has 0 spiro atoms. The average molecular weight is 294 g/mol. The second kappa shape index (κ2) is 6.48. The fraction of sp³-hybridized carbons (Fsp3) is 0.588. The van der Waals surface area contributed by atoms with E-state index in [1.54, 1.807) is 7.11 Å². The van der Waals surface area contributed by atoms with Crippen LogP contribution in [0, 0.1) is 0 Å². The first-order valence-corrected chi connectivity index (χ1v) is 7.01. The van der Waals surface area contributed by atoms with Crippen LogP contribution < -0.4 is 4.74 Å². The Bertz CT molecular complexity index is 498. The highest BCUT2D eigenvalue weighted by Gasteiger charge is 2.28. The summed E-state index contributed by atoms with van der Waals surface area (Å²) in [6.45, 7) is 11.1. The lowest BCUT2D eigenvalue weighted by Gasteiger charge is -2.29. The zero-order valence-corrected chi connectivity index (χ0v) is 14.1. The smallest absolute Gasteiger partial charge is 0.437 e. The van der Waals surface area contributed by atoms with Gasteiger partial charge in [0.1, 0.15) is 5.75 Å². The highest BCUT2D eigenvalue weighted by atomic mass is 16.7. The van der Waals surface area contributed by atoms with E-state index in [1.807, 2.05) is 12.1 Å². The van der Waals surface area contributed by atoms with Crippen LogP contribution in [-0.2, 0) is 20.3 Å². The zero-order valence-electron chi connectivity index (χ0n) is 14.1. The summed E-state index contributed by atoms with van der Waals surface area (Å²) in [5, 5.41) is 0. The van der Waals surface area contributed by atoms with Crippen LogP contribution in [0.15, 0.2) is 18.2 Å². The fourth-order valence-corrected chi connectivity index (χ4v) is 2.18. The van der Waals surface area contributed by atoms with E-state index in [0.29, 0.717) is 12.4 Å². The lowest BCUT2D eigenvalue weighted by molar-refractivity contribution is 0.117. The van der Waals surface area contributed by atoms with Gasteiger partial charge in [-0.25, -0.2) is 4.79 Å². The topological polar surface area (TPSA) is 44.8 Å². The molecule has 1 aromatic carbocycles. The van der Waals surface area contributed by atoms with Crippen molar-refractivity contribution in [2.45, 2.75) is 45.4 Å². The van der Waals surface area contributed by atoms with Crippen LogP contribution in [0.3, 0.4) is 0 Å². The zero-order chi connectivity index (χ0) is 16.3. The third kappa shape index (κ3) is 4.46. The third-order valence-electron chi connectivity index (χ3n) is 3.44. The van der Waals surface area contributed by atoms with Gasteiger partial charge in [-0.05, 0) is 17.0 Å². The molecule has 0 bridgehead atoms. The Hall–Kier alpha value is -1.55. The summed E-state index contributed by atoms with van der Waals surface area (Å²) in [6.07, 6.45) is -0.715. The summed E-state index contributed by atoms with van der Waals surface area (Å²) in [5.41, 5.74) is 1.85. The number of carbonyl (C=O) groups excluding carboxylic acids is 1. The van der Waals surface area contributed by atoms with E-state index in [4.69, 9.17) is 9.47 Å². The Balaban J connectivity index is 3.34. The molecule has 1 aromatic rings. The number of rotatable bonds is 4. The first kappa shape index (κ1) is 17.5. The van der Waals surface area contributed by atoms with E-state index in [0.717, 1.165) is 5.56 Å². The molecule has 0 atom stereocenters. The van der Waals surface area contributed by atoms with Gasteiger partial charge in [0, 0.05) is 18.1 Å². The van der Waals surface area contributed by atoms with Crippen molar-refractivity contribution in [1.29, 1.82) is 0 Å². The number of hydrogen-bond donors (Lipinski definition) is 0. The second-order valence-corrected chi connectivity index (χ2v) is 6.83. The molecular weight excluding hydrogens is 268 g/mol. The molecule has 4 nitrogen and oxygen atoms in total. The summed E-state index contributed by atoms with van der Waals surface area (Å²) in [6, 6.07) is 5.88. The van der Waals surface area contributed by atoms with Crippen LogP contribution in [0.5, 0.6) is 5.75 Å². The van der Waals surface area contributed by atoms with Crippen molar-refractivity contribution in [3.05, 3.63) is 29.3 Å². The van der Waals surface area contributed by atoms with Gasteiger partial charge in [0.2, 0.25) is 0 Å². The van der Waals surface area contributed by atoms with Crippen molar-refractivity contribution in [3.63, 3.8) is 0 Å². The molecule has 0 N–H and O–H groups in total. The first-order valence-electron chi connectivity index (χ1n) is 7.01. The molecule has 0 fully saturated rings. The van der Waals surface area contributed by atoms with Crippen LogP contribution >= 0.6 is 0 Å². The molecule has 21 heavy (non-hydrogen) atoms. The standard InChI is InChI=1S/C17H26O4/c1-16(2,3)12-8-9-14(21-15(18)20-7)13(10-12)17(4,5)11-19-6/h8-10H,11H2,1-7H3. The van der Waals surface area contributed by atoms with Gasteiger partial charge in [-0.2, -0.15) is 0 Å². The number of carbonyl (C=O) groups is 1. The van der Waals surface area contributed by atoms with Crippen LogP contribution in [0.25, 0.3) is 0 Å². The summed E-state index contributed by atoms with van der Waals surface area (Å²) in [4.78, 5) is 11.4. The first-order chi connectivity index (χ1) is 9.61. The van der Waals surface area contributed by atoms with Gasteiger partial charge >= 0.3 is 6.16 Å². The summed E-state index contributed by atoms with van der Waals surface area (Å²) >= 11 is 0. The Kier molecular flexibility index (Phi) is 5.40. The maximum atomic E-state index is 11.4. The molecule has 0 amide bonds. The minimum Gasteiger partial charge on any atom is -0.437 e. The van der Waals surface area contributed by atoms with E-state index in [1.165, 1.54) is 12.7 Å². The van der Waals surface area contributed by atoms with E-state index in [9.17, 15) is 4.79 Å². The number of ether oxygens (including phenoxy) is 3. The minimum atomic E-state index is -0.715. The highest BCUT2D eigenvalue weighted by molar-refractivity contribution is 5.65. The number of methoxy groups -OCH3 is 2. The highest BCUT2D eigenvalue weighted by Crippen LogP contribution is 2.36. The normalized spacial score (nSPS) is 12.1. The molecular formula is C17H26O4. The Morgan fingerprint density at radius 1 is 1.10 bits per heavy atom. The molecule has 0 radical (unpaired) electrons. The van der Waals surface area contributed by atoms with E-state index < -0.39 is 6.16 Å². The molecule has 0 saturated heterocycles. The van der Waals surface area contributed by atoms with Gasteiger partial charge in [-0.3, -0.25) is 0 Å². The summed E-state index contributed by atoms with van der Waals surface area (Å²) in [5.74, 6) is 0.511. The molecule has 0 aromatic heterocycles. The van der Waals surface area contributed by atoms with Crippen LogP contribution in [-0.4, -0.2) is 27.0 Å². The van der Waals surface area contributed by atoms with Crippen LogP contribution in [0.4, 0.5) is 4.79 Å². The third-order valence-corrected chi connectivity index (χ3v) is 3.44. The second-order valence-electron chi connectivity index (χ2n) is 6.83. The lowest BCUT2D eigenvalue weighted by atomic mass is 9.79. The minimum absolute atomic E-state index is 0.0156. The fourth-order valence-electron chi connectivity index (χ4n) is 2.18. The quantitative estimate of drug-likeness (QED) is 0.620. The van der Waals surface area contributed by atoms with Gasteiger partial charge in [-0.1, -0.05) is 46.8 Å². The molecule has 0 aliphatic carbocycles. The molecule has 4 heteroatoms.